The molecule has 12 nitrogen and oxygen atoms in total. The van der Waals surface area contributed by atoms with Crippen molar-refractivity contribution in [3.63, 3.8) is 0 Å². The topological polar surface area (TPSA) is 144 Å². The van der Waals surface area contributed by atoms with Crippen molar-refractivity contribution in [1.29, 1.82) is 0 Å². The van der Waals surface area contributed by atoms with Crippen LogP contribution in [0.5, 0.6) is 11.5 Å². The van der Waals surface area contributed by atoms with Crippen LogP contribution in [-0.4, -0.2) is 84.0 Å². The van der Waals surface area contributed by atoms with E-state index in [-0.39, 0.29) is 39.3 Å². The van der Waals surface area contributed by atoms with Crippen LogP contribution < -0.4 is 14.8 Å². The number of carbonyl (C=O) groups excluding carboxylic acids is 3. The molecule has 0 saturated carbocycles. The largest absolute Gasteiger partial charge is 0.493 e. The van der Waals surface area contributed by atoms with Gasteiger partial charge in [0.15, 0.2) is 11.5 Å². The second-order valence-electron chi connectivity index (χ2n) is 10.8. The van der Waals surface area contributed by atoms with Crippen molar-refractivity contribution in [2.75, 3.05) is 26.9 Å². The SMILES string of the molecule is COc1ccc2c3c1OC/C=C/CCOC(=O)N[C@@H](C(C)(C)C)C(=O)N1C[C@@H](CC1C(=O)O)OC(=O)N(C2)C3. The highest BCUT2D eigenvalue weighted by molar-refractivity contribution is 5.90. The zero-order valence-electron chi connectivity index (χ0n) is 22.6. The smallest absolute Gasteiger partial charge is 0.410 e. The van der Waals surface area contributed by atoms with Crippen molar-refractivity contribution < 1.29 is 43.2 Å². The third-order valence-electron chi connectivity index (χ3n) is 6.99. The summed E-state index contributed by atoms with van der Waals surface area (Å²) in [6.07, 6.45) is 1.70. The molecule has 1 aromatic rings. The second-order valence-corrected chi connectivity index (χ2v) is 10.8. The van der Waals surface area contributed by atoms with E-state index in [1.54, 1.807) is 39.0 Å². The van der Waals surface area contributed by atoms with Crippen molar-refractivity contribution >= 4 is 24.1 Å². The number of carboxylic acids is 1. The van der Waals surface area contributed by atoms with Crippen molar-refractivity contribution in [3.8, 4) is 11.5 Å². The molecule has 0 aliphatic carbocycles. The van der Waals surface area contributed by atoms with E-state index < -0.39 is 47.7 Å². The van der Waals surface area contributed by atoms with Crippen LogP contribution in [0, 0.1) is 5.41 Å². The van der Waals surface area contributed by atoms with Gasteiger partial charge in [0.1, 0.15) is 24.8 Å². The van der Waals surface area contributed by atoms with Gasteiger partial charge in [-0.3, -0.25) is 9.69 Å². The van der Waals surface area contributed by atoms with Gasteiger partial charge in [0, 0.05) is 18.5 Å². The first kappa shape index (κ1) is 28.1. The number of hydrogen-bond acceptors (Lipinski definition) is 8. The summed E-state index contributed by atoms with van der Waals surface area (Å²) in [7, 11) is 1.54. The molecule has 0 radical (unpaired) electrons. The summed E-state index contributed by atoms with van der Waals surface area (Å²) >= 11 is 0. The summed E-state index contributed by atoms with van der Waals surface area (Å²) in [5, 5.41) is 12.4. The summed E-state index contributed by atoms with van der Waals surface area (Å²) < 4.78 is 22.4. The van der Waals surface area contributed by atoms with Gasteiger partial charge in [-0.15, -0.1) is 0 Å². The number of amides is 3. The number of benzene rings is 1. The molecule has 39 heavy (non-hydrogen) atoms. The number of aliphatic carboxylic acids is 1. The summed E-state index contributed by atoms with van der Waals surface area (Å²) in [4.78, 5) is 53.9. The van der Waals surface area contributed by atoms with E-state index in [9.17, 15) is 24.3 Å². The Morgan fingerprint density at radius 1 is 1.13 bits per heavy atom. The summed E-state index contributed by atoms with van der Waals surface area (Å²) in [5.74, 6) is -0.745. The van der Waals surface area contributed by atoms with Crippen molar-refractivity contribution in [1.82, 2.24) is 15.1 Å². The molecule has 0 spiro atoms. The molecule has 1 unspecified atom stereocenters. The van der Waals surface area contributed by atoms with Gasteiger partial charge >= 0.3 is 18.2 Å². The zero-order chi connectivity index (χ0) is 28.3. The first-order chi connectivity index (χ1) is 18.5. The van der Waals surface area contributed by atoms with E-state index in [0.717, 1.165) is 16.0 Å². The van der Waals surface area contributed by atoms with E-state index in [1.807, 2.05) is 6.07 Å². The molecule has 4 rings (SSSR count). The Morgan fingerprint density at radius 3 is 2.59 bits per heavy atom. The highest BCUT2D eigenvalue weighted by Gasteiger charge is 2.46. The van der Waals surface area contributed by atoms with E-state index in [1.165, 1.54) is 12.0 Å². The number of methoxy groups -OCH3 is 1. The Morgan fingerprint density at radius 2 is 1.90 bits per heavy atom. The minimum absolute atomic E-state index is 0.0667. The molecule has 3 amide bonds. The number of nitrogens with zero attached hydrogens (tertiary/aromatic N) is 2. The van der Waals surface area contributed by atoms with Crippen LogP contribution in [0.1, 0.15) is 44.7 Å². The molecule has 3 aliphatic rings. The predicted octanol–water partition coefficient (Wildman–Crippen LogP) is 2.68. The molecule has 212 valence electrons. The molecular weight excluding hydrogens is 510 g/mol. The average molecular weight is 546 g/mol. The summed E-state index contributed by atoms with van der Waals surface area (Å²) in [6, 6.07) is 1.37. The molecule has 0 aromatic heterocycles. The maximum absolute atomic E-state index is 13.6. The number of rotatable bonds is 2. The number of cyclic esters (lactones) is 1. The molecule has 3 heterocycles. The Kier molecular flexibility index (Phi) is 8.22. The van der Waals surface area contributed by atoms with Gasteiger partial charge in [0.2, 0.25) is 5.91 Å². The van der Waals surface area contributed by atoms with Crippen LogP contribution in [0.15, 0.2) is 24.3 Å². The minimum Gasteiger partial charge on any atom is -0.493 e. The Balaban J connectivity index is 1.62. The Bertz CT molecular complexity index is 1160. The van der Waals surface area contributed by atoms with Crippen LogP contribution in [0.25, 0.3) is 0 Å². The first-order valence-corrected chi connectivity index (χ1v) is 12.9. The molecular formula is C27H35N3O9. The lowest BCUT2D eigenvalue weighted by Crippen LogP contribution is -2.57. The number of carboxylic acid groups (broad SMARTS) is 1. The monoisotopic (exact) mass is 545 g/mol. The van der Waals surface area contributed by atoms with Crippen LogP contribution in [0.4, 0.5) is 9.59 Å². The molecule has 3 aliphatic heterocycles. The molecule has 1 aromatic carbocycles. The molecule has 12 heteroatoms. The van der Waals surface area contributed by atoms with Gasteiger partial charge in [-0.05, 0) is 23.5 Å². The van der Waals surface area contributed by atoms with Crippen LogP contribution in [0.2, 0.25) is 0 Å². The van der Waals surface area contributed by atoms with Crippen molar-refractivity contribution in [3.05, 3.63) is 35.4 Å². The Labute approximate surface area is 226 Å². The zero-order valence-corrected chi connectivity index (χ0v) is 22.6. The van der Waals surface area contributed by atoms with Gasteiger partial charge in [0.25, 0.3) is 0 Å². The number of alkyl carbamates (subject to hydrolysis) is 1. The van der Waals surface area contributed by atoms with Gasteiger partial charge in [-0.25, -0.2) is 14.4 Å². The minimum atomic E-state index is -1.22. The fourth-order valence-electron chi connectivity index (χ4n) is 4.96. The fraction of sp³-hybridized carbons (Fsp3) is 0.556. The number of fused-ring (bicyclic) bond motifs is 3. The third-order valence-corrected chi connectivity index (χ3v) is 6.99. The summed E-state index contributed by atoms with van der Waals surface area (Å²) in [5.41, 5.74) is 0.937. The lowest BCUT2D eigenvalue weighted by molar-refractivity contribution is -0.150. The standard InChI is InChI=1S/C27H35N3O9/c1-27(2,3)22-23(31)30-14-17(12-19(30)24(32)33)39-26(35)29-13-16-8-9-20(36-4)21(18(16)15-29)37-10-6-5-7-11-38-25(34)28-22/h5-6,8-9,17,19,22H,7,10-15H2,1-4H3,(H,28,34)(H,32,33)/b6-5+/t17-,19?,22-/m1/s1. The molecule has 4 bridgehead atoms. The number of nitrogens with one attached hydrogen (secondary N) is 1. The maximum atomic E-state index is 13.6. The molecule has 3 atom stereocenters. The Hall–Kier alpha value is -3.96. The number of hydrogen-bond donors (Lipinski definition) is 2. The van der Waals surface area contributed by atoms with E-state index in [2.05, 4.69) is 5.32 Å². The average Bonchev–Trinajstić information content (AvgIpc) is 3.50. The van der Waals surface area contributed by atoms with Gasteiger partial charge in [-0.2, -0.15) is 0 Å². The molecule has 1 saturated heterocycles. The van der Waals surface area contributed by atoms with Gasteiger partial charge in [0.05, 0.1) is 26.8 Å². The van der Waals surface area contributed by atoms with Gasteiger partial charge < -0.3 is 34.3 Å². The van der Waals surface area contributed by atoms with Crippen molar-refractivity contribution in [2.45, 2.75) is 64.9 Å². The number of ether oxygens (including phenoxy) is 4. The van der Waals surface area contributed by atoms with Crippen LogP contribution in [-0.2, 0) is 32.2 Å². The van der Waals surface area contributed by atoms with E-state index in [0.29, 0.717) is 17.9 Å². The van der Waals surface area contributed by atoms with Crippen molar-refractivity contribution in [2.24, 2.45) is 5.41 Å². The highest BCUT2D eigenvalue weighted by atomic mass is 16.6. The van der Waals surface area contributed by atoms with Gasteiger partial charge in [-0.1, -0.05) is 39.0 Å². The number of carbonyl (C=O) groups is 4. The van der Waals surface area contributed by atoms with E-state index >= 15 is 0 Å². The van der Waals surface area contributed by atoms with Crippen LogP contribution in [0.3, 0.4) is 0 Å². The summed E-state index contributed by atoms with van der Waals surface area (Å²) in [6.45, 7) is 5.99. The van der Waals surface area contributed by atoms with Crippen LogP contribution >= 0.6 is 0 Å². The lowest BCUT2D eigenvalue weighted by atomic mass is 9.85. The fourth-order valence-corrected chi connectivity index (χ4v) is 4.96. The maximum Gasteiger partial charge on any atom is 0.410 e. The quantitative estimate of drug-likeness (QED) is 0.536. The first-order valence-electron chi connectivity index (χ1n) is 12.9. The molecule has 1 fully saturated rings. The normalized spacial score (nSPS) is 25.2. The molecule has 2 N–H and O–H groups in total. The highest BCUT2D eigenvalue weighted by Crippen LogP contribution is 2.39. The third kappa shape index (κ3) is 6.21. The predicted molar refractivity (Wildman–Crippen MR) is 137 cm³/mol. The lowest BCUT2D eigenvalue weighted by Gasteiger charge is -2.34. The second kappa shape index (κ2) is 11.4. The van der Waals surface area contributed by atoms with E-state index in [4.69, 9.17) is 18.9 Å².